The van der Waals surface area contributed by atoms with Crippen molar-refractivity contribution in [1.29, 1.82) is 0 Å². The maximum Gasteiger partial charge on any atom is 0.304 e. The molecule has 42 heavy (non-hydrogen) atoms. The van der Waals surface area contributed by atoms with Gasteiger partial charge in [0.25, 0.3) is 0 Å². The molecule has 1 aromatic carbocycles. The number of nitrogens with zero attached hydrogens (tertiary/aromatic N) is 5. The number of benzene rings is 1. The predicted octanol–water partition coefficient (Wildman–Crippen LogP) is 3.93. The first-order valence-corrected chi connectivity index (χ1v) is 16.0. The molecule has 2 aromatic heterocycles. The molecule has 0 bridgehead atoms. The Balaban J connectivity index is 1.38. The average Bonchev–Trinajstić information content (AvgIpc) is 3.38. The van der Waals surface area contributed by atoms with Gasteiger partial charge in [-0.2, -0.15) is 4.31 Å². The average molecular weight is 592 g/mol. The number of carboxylic acid groups (broad SMARTS) is 1. The fourth-order valence-electron chi connectivity index (χ4n) is 6.45. The van der Waals surface area contributed by atoms with E-state index >= 15 is 0 Å². The third kappa shape index (κ3) is 4.97. The number of sulfonamides is 1. The Morgan fingerprint density at radius 2 is 2.00 bits per heavy atom. The molecular weight excluding hydrogens is 554 g/mol. The van der Waals surface area contributed by atoms with Crippen molar-refractivity contribution in [3.05, 3.63) is 70.7 Å². The number of hydrogen-bond acceptors (Lipinski definition) is 9. The molecule has 3 aliphatic rings. The first-order chi connectivity index (χ1) is 20.2. The third-order valence-corrected chi connectivity index (χ3v) is 10.6. The van der Waals surface area contributed by atoms with Crippen molar-refractivity contribution in [2.24, 2.45) is 0 Å². The summed E-state index contributed by atoms with van der Waals surface area (Å²) in [6, 6.07) is 11.1. The third-order valence-electron chi connectivity index (χ3n) is 8.75. The molecule has 0 saturated carbocycles. The molecule has 1 fully saturated rings. The van der Waals surface area contributed by atoms with E-state index in [4.69, 9.17) is 4.98 Å². The molecule has 6 rings (SSSR count). The van der Waals surface area contributed by atoms with Gasteiger partial charge in [-0.15, -0.1) is 5.53 Å². The van der Waals surface area contributed by atoms with Crippen molar-refractivity contribution in [1.82, 2.24) is 19.8 Å². The van der Waals surface area contributed by atoms with Crippen molar-refractivity contribution >= 4 is 33.2 Å². The fraction of sp³-hybridized carbons (Fsp3) is 0.433. The number of carbonyl (C=O) groups is 1. The second-order valence-electron chi connectivity index (χ2n) is 11.3. The highest BCUT2D eigenvalue weighted by atomic mass is 32.2. The standard InChI is InChI=1S/C30H37N7O4S/c1-4-37-26-13-11-22(20(3)29(26)33-34-37)23(16-28(38)39)24-12-10-19(2)25(32-24)18-35-17-21-8-5-6-15-36(21)30-27(42(35,40)41)9-7-14-31-30/h7,9-14,21,23,33-34H,4-6,8,15-18H2,1-3H3,(H,38,39)/t21-,23?/m1/s1. The maximum atomic E-state index is 14.0. The van der Waals surface area contributed by atoms with E-state index in [0.717, 1.165) is 60.4 Å². The number of hydrazine groups is 2. The molecule has 11 nitrogen and oxygen atoms in total. The topological polar surface area (TPSA) is 131 Å². The summed E-state index contributed by atoms with van der Waals surface area (Å²) in [7, 11) is -3.84. The lowest BCUT2D eigenvalue weighted by molar-refractivity contribution is -0.137. The van der Waals surface area contributed by atoms with Crippen LogP contribution < -0.4 is 20.9 Å². The Morgan fingerprint density at radius 3 is 2.79 bits per heavy atom. The Kier molecular flexibility index (Phi) is 7.54. The van der Waals surface area contributed by atoms with Gasteiger partial charge in [0, 0.05) is 43.5 Å². The smallest absolute Gasteiger partial charge is 0.304 e. The van der Waals surface area contributed by atoms with Crippen LogP contribution in [-0.2, 0) is 21.4 Å². The molecule has 1 unspecified atom stereocenters. The number of hydrogen-bond donors (Lipinski definition) is 3. The minimum atomic E-state index is -3.84. The van der Waals surface area contributed by atoms with E-state index in [0.29, 0.717) is 23.8 Å². The summed E-state index contributed by atoms with van der Waals surface area (Å²) < 4.78 is 29.6. The van der Waals surface area contributed by atoms with Crippen molar-refractivity contribution in [3.63, 3.8) is 0 Å². The summed E-state index contributed by atoms with van der Waals surface area (Å²) in [5.41, 5.74) is 12.2. The lowest BCUT2D eigenvalue weighted by atomic mass is 9.87. The van der Waals surface area contributed by atoms with E-state index in [1.165, 1.54) is 4.31 Å². The van der Waals surface area contributed by atoms with Gasteiger partial charge in [-0.05, 0) is 81.0 Å². The molecule has 0 amide bonds. The molecule has 0 radical (unpaired) electrons. The second-order valence-corrected chi connectivity index (χ2v) is 13.2. The van der Waals surface area contributed by atoms with Crippen LogP contribution in [0.15, 0.2) is 47.5 Å². The molecule has 0 aliphatic carbocycles. The summed E-state index contributed by atoms with van der Waals surface area (Å²) >= 11 is 0. The van der Waals surface area contributed by atoms with Gasteiger partial charge in [0.15, 0.2) is 0 Å². The van der Waals surface area contributed by atoms with Crippen LogP contribution in [0.4, 0.5) is 17.2 Å². The second kappa shape index (κ2) is 11.2. The van der Waals surface area contributed by atoms with E-state index in [1.807, 2.05) is 50.0 Å². The van der Waals surface area contributed by atoms with Crippen LogP contribution in [0, 0.1) is 13.8 Å². The first-order valence-electron chi connectivity index (χ1n) is 14.5. The maximum absolute atomic E-state index is 14.0. The van der Waals surface area contributed by atoms with Crippen molar-refractivity contribution in [2.75, 3.05) is 35.0 Å². The number of aromatic nitrogens is 2. The quantitative estimate of drug-likeness (QED) is 0.371. The molecular formula is C30H37N7O4S. The van der Waals surface area contributed by atoms with Crippen LogP contribution in [0.1, 0.15) is 66.6 Å². The van der Waals surface area contributed by atoms with Gasteiger partial charge in [0.05, 0.1) is 30.0 Å². The minimum Gasteiger partial charge on any atom is -0.481 e. The molecule has 0 spiro atoms. The summed E-state index contributed by atoms with van der Waals surface area (Å²) in [5, 5.41) is 11.9. The molecule has 2 atom stereocenters. The zero-order chi connectivity index (χ0) is 29.6. The number of pyridine rings is 2. The molecule has 222 valence electrons. The summed E-state index contributed by atoms with van der Waals surface area (Å²) in [4.78, 5) is 23.9. The van der Waals surface area contributed by atoms with Gasteiger partial charge < -0.3 is 15.4 Å². The number of piperidine rings is 1. The summed E-state index contributed by atoms with van der Waals surface area (Å²) in [5.74, 6) is -0.910. The van der Waals surface area contributed by atoms with Crippen LogP contribution in [0.3, 0.4) is 0 Å². The van der Waals surface area contributed by atoms with E-state index in [9.17, 15) is 18.3 Å². The van der Waals surface area contributed by atoms with E-state index in [-0.39, 0.29) is 23.9 Å². The van der Waals surface area contributed by atoms with Gasteiger partial charge in [-0.25, -0.2) is 13.4 Å². The predicted molar refractivity (Wildman–Crippen MR) is 161 cm³/mol. The monoisotopic (exact) mass is 591 g/mol. The highest BCUT2D eigenvalue weighted by molar-refractivity contribution is 7.89. The first kappa shape index (κ1) is 28.4. The van der Waals surface area contributed by atoms with Gasteiger partial charge in [0.2, 0.25) is 10.0 Å². The van der Waals surface area contributed by atoms with Crippen LogP contribution in [-0.4, -0.2) is 59.4 Å². The molecule has 3 aromatic rings. The number of rotatable bonds is 7. The lowest BCUT2D eigenvalue weighted by Crippen LogP contribution is -2.45. The van der Waals surface area contributed by atoms with Gasteiger partial charge in [-0.1, -0.05) is 12.1 Å². The van der Waals surface area contributed by atoms with Crippen LogP contribution in [0.2, 0.25) is 0 Å². The fourth-order valence-corrected chi connectivity index (χ4v) is 8.04. The SMILES string of the molecule is CCN1NNc2c1ccc(C(CC(=O)O)c1ccc(C)c(CN3C[C@H]4CCCCN4c4ncccc4S3(=O)=O)n1)c2C. The van der Waals surface area contributed by atoms with E-state index < -0.39 is 21.9 Å². The molecule has 3 N–H and O–H groups in total. The number of nitrogens with one attached hydrogen (secondary N) is 2. The van der Waals surface area contributed by atoms with Crippen molar-refractivity contribution in [2.45, 2.75) is 69.9 Å². The minimum absolute atomic E-state index is 0.0331. The molecule has 5 heterocycles. The summed E-state index contributed by atoms with van der Waals surface area (Å²) in [6.45, 7) is 7.93. The number of fused-ring (bicyclic) bond motifs is 4. The zero-order valence-electron chi connectivity index (χ0n) is 24.2. The lowest BCUT2D eigenvalue weighted by Gasteiger charge is -2.36. The highest BCUT2D eigenvalue weighted by Gasteiger charge is 2.39. The number of aryl methyl sites for hydroxylation is 1. The normalized spacial score (nSPS) is 20.2. The van der Waals surface area contributed by atoms with Crippen LogP contribution in [0.5, 0.6) is 0 Å². The van der Waals surface area contributed by atoms with Crippen molar-refractivity contribution in [3.8, 4) is 0 Å². The molecule has 1 saturated heterocycles. The highest BCUT2D eigenvalue weighted by Crippen LogP contribution is 2.40. The largest absolute Gasteiger partial charge is 0.481 e. The Labute approximate surface area is 246 Å². The Hall–Kier alpha value is -3.74. The van der Waals surface area contributed by atoms with Crippen LogP contribution in [0.25, 0.3) is 0 Å². The van der Waals surface area contributed by atoms with Crippen LogP contribution >= 0.6 is 0 Å². The van der Waals surface area contributed by atoms with Gasteiger partial charge >= 0.3 is 5.97 Å². The van der Waals surface area contributed by atoms with E-state index in [2.05, 4.69) is 20.8 Å². The zero-order valence-corrected chi connectivity index (χ0v) is 25.0. The number of aliphatic carboxylic acids is 1. The van der Waals surface area contributed by atoms with Gasteiger partial charge in [0.1, 0.15) is 10.7 Å². The Bertz CT molecular complexity index is 1630. The van der Waals surface area contributed by atoms with Crippen molar-refractivity contribution < 1.29 is 18.3 Å². The molecule has 3 aliphatic heterocycles. The summed E-state index contributed by atoms with van der Waals surface area (Å²) in [6.07, 6.45) is 4.45. The molecule has 12 heteroatoms. The Morgan fingerprint density at radius 1 is 1.17 bits per heavy atom. The number of carboxylic acids is 1. The number of anilines is 3. The van der Waals surface area contributed by atoms with E-state index in [1.54, 1.807) is 18.3 Å². The van der Waals surface area contributed by atoms with Gasteiger partial charge in [-0.3, -0.25) is 14.8 Å².